The maximum absolute atomic E-state index is 10.9. The van der Waals surface area contributed by atoms with Crippen LogP contribution in [0, 0.1) is 0 Å². The van der Waals surface area contributed by atoms with Gasteiger partial charge in [0.25, 0.3) is 0 Å². The predicted molar refractivity (Wildman–Crippen MR) is 118 cm³/mol. The Labute approximate surface area is 182 Å². The summed E-state index contributed by atoms with van der Waals surface area (Å²) in [5.41, 5.74) is 1.79. The van der Waals surface area contributed by atoms with Crippen LogP contribution in [0.25, 0.3) is 6.08 Å². The number of nitrogens with zero attached hydrogens (tertiary/aromatic N) is 2. The summed E-state index contributed by atoms with van der Waals surface area (Å²) in [5, 5.41) is 8.91. The lowest BCUT2D eigenvalue weighted by molar-refractivity contribution is -0.131. The molecule has 0 saturated heterocycles. The number of ether oxygens (including phenoxy) is 2. The number of hydrogen-bond acceptors (Lipinski definition) is 4. The van der Waals surface area contributed by atoms with E-state index in [1.807, 2.05) is 59.3 Å². The smallest absolute Gasteiger partial charge is 0.328 e. The first-order valence-electron chi connectivity index (χ1n) is 9.51. The van der Waals surface area contributed by atoms with Crippen LogP contribution in [0.1, 0.15) is 24.0 Å². The summed E-state index contributed by atoms with van der Waals surface area (Å²) in [6.45, 7) is 1.82. The van der Waals surface area contributed by atoms with Crippen LogP contribution in [0.3, 0.4) is 0 Å². The first-order chi connectivity index (χ1) is 14.2. The van der Waals surface area contributed by atoms with Crippen molar-refractivity contribution in [1.82, 2.24) is 9.55 Å². The SMILES string of the molecule is Cl.O=C(O)/C=C/c1ccc(Cn2ccnc2)cc1OCCCCOc1ccccc1. The number of para-hydroxylation sites is 1. The maximum Gasteiger partial charge on any atom is 0.328 e. The monoisotopic (exact) mass is 428 g/mol. The van der Waals surface area contributed by atoms with Crippen molar-refractivity contribution in [3.63, 3.8) is 0 Å². The zero-order chi connectivity index (χ0) is 20.3. The molecule has 0 fully saturated rings. The largest absolute Gasteiger partial charge is 0.494 e. The minimum absolute atomic E-state index is 0. The van der Waals surface area contributed by atoms with E-state index in [0.717, 1.165) is 35.8 Å². The molecule has 3 rings (SSSR count). The number of hydrogen-bond donors (Lipinski definition) is 1. The zero-order valence-corrected chi connectivity index (χ0v) is 17.3. The molecule has 3 aromatic rings. The van der Waals surface area contributed by atoms with Gasteiger partial charge in [-0.05, 0) is 42.7 Å². The van der Waals surface area contributed by atoms with Crippen molar-refractivity contribution >= 4 is 24.5 Å². The lowest BCUT2D eigenvalue weighted by atomic mass is 10.1. The normalized spacial score (nSPS) is 10.5. The summed E-state index contributed by atoms with van der Waals surface area (Å²) < 4.78 is 13.6. The van der Waals surface area contributed by atoms with Gasteiger partial charge in [-0.25, -0.2) is 9.78 Å². The van der Waals surface area contributed by atoms with Gasteiger partial charge in [0.05, 0.1) is 19.5 Å². The molecule has 7 heteroatoms. The molecule has 0 atom stereocenters. The van der Waals surface area contributed by atoms with Gasteiger partial charge in [0.15, 0.2) is 0 Å². The number of carboxylic acid groups (broad SMARTS) is 1. The van der Waals surface area contributed by atoms with Crippen molar-refractivity contribution in [1.29, 1.82) is 0 Å². The number of imidazole rings is 1. The molecule has 6 nitrogen and oxygen atoms in total. The van der Waals surface area contributed by atoms with E-state index in [2.05, 4.69) is 4.98 Å². The van der Waals surface area contributed by atoms with Gasteiger partial charge in [-0.3, -0.25) is 0 Å². The molecule has 0 aliphatic heterocycles. The summed E-state index contributed by atoms with van der Waals surface area (Å²) in [6.07, 6.45) is 9.75. The minimum atomic E-state index is -0.989. The molecule has 30 heavy (non-hydrogen) atoms. The summed E-state index contributed by atoms with van der Waals surface area (Å²) in [5.74, 6) is 0.544. The van der Waals surface area contributed by atoms with E-state index in [1.165, 1.54) is 0 Å². The second kappa shape index (κ2) is 12.3. The first-order valence-corrected chi connectivity index (χ1v) is 9.51. The Hall–Kier alpha value is -3.25. The lowest BCUT2D eigenvalue weighted by Gasteiger charge is -2.12. The number of aliphatic carboxylic acids is 1. The van der Waals surface area contributed by atoms with Crippen molar-refractivity contribution in [2.24, 2.45) is 0 Å². The Bertz CT molecular complexity index is 928. The van der Waals surface area contributed by atoms with Crippen LogP contribution in [-0.2, 0) is 11.3 Å². The van der Waals surface area contributed by atoms with Gasteiger partial charge < -0.3 is 19.1 Å². The number of unbranched alkanes of at least 4 members (excludes halogenated alkanes) is 1. The van der Waals surface area contributed by atoms with Gasteiger partial charge in [0.2, 0.25) is 0 Å². The number of carbonyl (C=O) groups is 1. The molecule has 0 saturated carbocycles. The summed E-state index contributed by atoms with van der Waals surface area (Å²) in [4.78, 5) is 14.9. The van der Waals surface area contributed by atoms with Gasteiger partial charge in [0.1, 0.15) is 11.5 Å². The molecule has 1 heterocycles. The molecule has 1 aromatic heterocycles. The van der Waals surface area contributed by atoms with Gasteiger partial charge >= 0.3 is 5.97 Å². The second-order valence-corrected chi connectivity index (χ2v) is 6.50. The van der Waals surface area contributed by atoms with E-state index in [-0.39, 0.29) is 12.4 Å². The molecule has 0 aliphatic carbocycles. The first kappa shape index (κ1) is 23.0. The van der Waals surface area contributed by atoms with Crippen molar-refractivity contribution < 1.29 is 19.4 Å². The number of carboxylic acids is 1. The average molecular weight is 429 g/mol. The second-order valence-electron chi connectivity index (χ2n) is 6.50. The van der Waals surface area contributed by atoms with Gasteiger partial charge in [-0.1, -0.05) is 30.3 Å². The minimum Gasteiger partial charge on any atom is -0.494 e. The van der Waals surface area contributed by atoms with Crippen LogP contribution in [-0.4, -0.2) is 33.8 Å². The number of benzene rings is 2. The van der Waals surface area contributed by atoms with Crippen LogP contribution in [0.5, 0.6) is 11.5 Å². The molecular formula is C23H25ClN2O4. The van der Waals surface area contributed by atoms with Crippen LogP contribution < -0.4 is 9.47 Å². The van der Waals surface area contributed by atoms with Crippen molar-refractivity contribution in [2.45, 2.75) is 19.4 Å². The van der Waals surface area contributed by atoms with E-state index in [0.29, 0.717) is 25.5 Å². The van der Waals surface area contributed by atoms with Crippen LogP contribution in [0.2, 0.25) is 0 Å². The van der Waals surface area contributed by atoms with E-state index in [4.69, 9.17) is 14.6 Å². The third-order valence-corrected chi connectivity index (χ3v) is 4.22. The van der Waals surface area contributed by atoms with Gasteiger partial charge in [0, 0.05) is 30.6 Å². The van der Waals surface area contributed by atoms with E-state index < -0.39 is 5.97 Å². The Morgan fingerprint density at radius 1 is 1.07 bits per heavy atom. The van der Waals surface area contributed by atoms with Crippen LogP contribution >= 0.6 is 12.4 Å². The Balaban J connectivity index is 0.00000320. The molecule has 0 amide bonds. The van der Waals surface area contributed by atoms with Gasteiger partial charge in [-0.15, -0.1) is 12.4 Å². The quantitative estimate of drug-likeness (QED) is 0.354. The molecule has 0 aliphatic rings. The Morgan fingerprint density at radius 3 is 2.53 bits per heavy atom. The van der Waals surface area contributed by atoms with Crippen molar-refractivity contribution in [3.05, 3.63) is 84.5 Å². The fraction of sp³-hybridized carbons (Fsp3) is 0.217. The summed E-state index contributed by atoms with van der Waals surface area (Å²) >= 11 is 0. The highest BCUT2D eigenvalue weighted by Gasteiger charge is 2.05. The van der Waals surface area contributed by atoms with Gasteiger partial charge in [-0.2, -0.15) is 0 Å². The molecule has 1 N–H and O–H groups in total. The highest BCUT2D eigenvalue weighted by atomic mass is 35.5. The number of aromatic nitrogens is 2. The predicted octanol–water partition coefficient (Wildman–Crippen LogP) is 4.69. The Morgan fingerprint density at radius 2 is 1.83 bits per heavy atom. The molecule has 0 radical (unpaired) electrons. The van der Waals surface area contributed by atoms with Crippen molar-refractivity contribution in [3.8, 4) is 11.5 Å². The number of rotatable bonds is 11. The van der Waals surface area contributed by atoms with Crippen LogP contribution in [0.4, 0.5) is 0 Å². The fourth-order valence-corrected chi connectivity index (χ4v) is 2.78. The molecular weight excluding hydrogens is 404 g/mol. The fourth-order valence-electron chi connectivity index (χ4n) is 2.78. The molecule has 0 spiro atoms. The standard InChI is InChI=1S/C23H24N2O4.ClH/c26-23(27)11-10-20-9-8-19(17-25-13-12-24-18-25)16-22(20)29-15-5-4-14-28-21-6-2-1-3-7-21;/h1-3,6-13,16,18H,4-5,14-15,17H2,(H,26,27);1H/b11-10+;. The third kappa shape index (κ3) is 7.64. The topological polar surface area (TPSA) is 73.6 Å². The lowest BCUT2D eigenvalue weighted by Crippen LogP contribution is -2.04. The number of halogens is 1. The molecule has 0 bridgehead atoms. The Kier molecular flexibility index (Phi) is 9.48. The molecule has 2 aromatic carbocycles. The summed E-state index contributed by atoms with van der Waals surface area (Å²) in [6, 6.07) is 15.5. The maximum atomic E-state index is 10.9. The zero-order valence-electron chi connectivity index (χ0n) is 16.5. The van der Waals surface area contributed by atoms with E-state index in [1.54, 1.807) is 18.6 Å². The van der Waals surface area contributed by atoms with Crippen molar-refractivity contribution in [2.75, 3.05) is 13.2 Å². The third-order valence-electron chi connectivity index (χ3n) is 4.22. The highest BCUT2D eigenvalue weighted by Crippen LogP contribution is 2.23. The highest BCUT2D eigenvalue weighted by molar-refractivity contribution is 5.86. The molecule has 0 unspecified atom stereocenters. The molecule has 158 valence electrons. The van der Waals surface area contributed by atoms with E-state index >= 15 is 0 Å². The van der Waals surface area contributed by atoms with Crippen LogP contribution in [0.15, 0.2) is 73.3 Å². The average Bonchev–Trinajstić information content (AvgIpc) is 3.23. The summed E-state index contributed by atoms with van der Waals surface area (Å²) in [7, 11) is 0. The van der Waals surface area contributed by atoms with E-state index in [9.17, 15) is 4.79 Å².